The molecule has 34 heavy (non-hydrogen) atoms. The lowest BCUT2D eigenvalue weighted by atomic mass is 9.98. The van der Waals surface area contributed by atoms with Gasteiger partial charge >= 0.3 is 12.1 Å². The van der Waals surface area contributed by atoms with Gasteiger partial charge in [-0.05, 0) is 29.7 Å². The van der Waals surface area contributed by atoms with Crippen LogP contribution in [-0.2, 0) is 20.9 Å². The summed E-state index contributed by atoms with van der Waals surface area (Å²) in [5.74, 6) is 0.234. The van der Waals surface area contributed by atoms with Gasteiger partial charge in [-0.2, -0.15) is 5.10 Å². The number of benzene rings is 1. The molecule has 1 aromatic carbocycles. The van der Waals surface area contributed by atoms with Crippen molar-refractivity contribution >= 4 is 23.7 Å². The maximum Gasteiger partial charge on any atom is 0.408 e. The first-order valence-electron chi connectivity index (χ1n) is 11.4. The van der Waals surface area contributed by atoms with E-state index in [0.717, 1.165) is 42.8 Å². The highest BCUT2D eigenvalue weighted by Crippen LogP contribution is 2.23. The molecule has 1 atom stereocenters. The maximum atomic E-state index is 12.0. The second kappa shape index (κ2) is 13.0. The number of carbonyl (C=O) groups is 2. The first kappa shape index (κ1) is 24.8. The Hall–Kier alpha value is -3.82. The first-order valence-corrected chi connectivity index (χ1v) is 11.4. The fourth-order valence-corrected chi connectivity index (χ4v) is 3.44. The highest BCUT2D eigenvalue weighted by molar-refractivity contribution is 5.99. The van der Waals surface area contributed by atoms with E-state index in [-0.39, 0.29) is 19.6 Å². The number of hydrogen-bond donors (Lipinski definition) is 4. The Balaban J connectivity index is 1.48. The summed E-state index contributed by atoms with van der Waals surface area (Å²) in [6.07, 6.45) is 5.44. The molecule has 3 rings (SSSR count). The quantitative estimate of drug-likeness (QED) is 0.366. The summed E-state index contributed by atoms with van der Waals surface area (Å²) in [6.45, 7) is 3.82. The number of hydrogen-bond acceptors (Lipinski definition) is 8. The van der Waals surface area contributed by atoms with Crippen LogP contribution in [0.15, 0.2) is 63.9 Å². The molecule has 2 aliphatic rings. The molecule has 182 valence electrons. The van der Waals surface area contributed by atoms with Crippen LogP contribution in [-0.4, -0.2) is 54.6 Å². The first-order chi connectivity index (χ1) is 16.5. The number of carbonyl (C=O) groups excluding carboxylic acids is 1. The Morgan fingerprint density at radius 3 is 2.79 bits per heavy atom. The van der Waals surface area contributed by atoms with Crippen LogP contribution in [0.4, 0.5) is 4.79 Å². The monoisotopic (exact) mass is 469 g/mol. The second-order valence-electron chi connectivity index (χ2n) is 7.83. The van der Waals surface area contributed by atoms with Gasteiger partial charge in [0.15, 0.2) is 0 Å². The van der Waals surface area contributed by atoms with Gasteiger partial charge in [-0.25, -0.2) is 20.0 Å². The van der Waals surface area contributed by atoms with Gasteiger partial charge in [0.2, 0.25) is 5.96 Å². The standard InChI is InChI=1S/C24H31N5O5/c1-2-6-18-15-19(28-29-23-25-12-13-26-23)9-10-21(18)33-14-11-20(22(30)31)27-24(32)34-16-17-7-4-3-5-8-17/h3-5,7-10,20H,2,6,11-16H2,1H3,(H,27,32)(H,30,31)(H2,25,26,29)/t20-/m0/s1. The van der Waals surface area contributed by atoms with E-state index in [4.69, 9.17) is 9.47 Å². The molecule has 10 nitrogen and oxygen atoms in total. The summed E-state index contributed by atoms with van der Waals surface area (Å²) >= 11 is 0. The zero-order valence-electron chi connectivity index (χ0n) is 19.3. The molecule has 10 heteroatoms. The Labute approximate surface area is 198 Å². The highest BCUT2D eigenvalue weighted by Gasteiger charge is 2.22. The molecule has 0 bridgehead atoms. The van der Waals surface area contributed by atoms with Gasteiger partial charge in [-0.15, -0.1) is 0 Å². The minimum absolute atomic E-state index is 0.0652. The van der Waals surface area contributed by atoms with Crippen LogP contribution in [0.1, 0.15) is 38.2 Å². The van der Waals surface area contributed by atoms with Crippen LogP contribution in [0.3, 0.4) is 0 Å². The van der Waals surface area contributed by atoms with Crippen molar-refractivity contribution in [2.75, 3.05) is 19.7 Å². The topological polar surface area (TPSA) is 134 Å². The number of hydrazone groups is 1. The third kappa shape index (κ3) is 7.95. The summed E-state index contributed by atoms with van der Waals surface area (Å²) in [5, 5.41) is 19.4. The normalized spacial score (nSPS) is 17.1. The lowest BCUT2D eigenvalue weighted by Gasteiger charge is -2.19. The average molecular weight is 470 g/mol. The smallest absolute Gasteiger partial charge is 0.408 e. The molecule has 1 aromatic rings. The summed E-state index contributed by atoms with van der Waals surface area (Å²) in [7, 11) is 0. The van der Waals surface area contributed by atoms with E-state index in [1.165, 1.54) is 0 Å². The number of guanidine groups is 1. The van der Waals surface area contributed by atoms with Crippen molar-refractivity contribution in [1.82, 2.24) is 16.1 Å². The zero-order valence-corrected chi connectivity index (χ0v) is 19.3. The molecule has 4 N–H and O–H groups in total. The number of carboxylic acids is 1. The third-order valence-electron chi connectivity index (χ3n) is 5.17. The number of nitrogens with zero attached hydrogens (tertiary/aromatic N) is 2. The number of rotatable bonds is 11. The van der Waals surface area contributed by atoms with Crippen LogP contribution in [0, 0.1) is 0 Å². The number of carboxylic acid groups (broad SMARTS) is 1. The molecule has 1 heterocycles. The van der Waals surface area contributed by atoms with Crippen molar-refractivity contribution in [1.29, 1.82) is 0 Å². The molecule has 1 amide bonds. The van der Waals surface area contributed by atoms with E-state index >= 15 is 0 Å². The summed E-state index contributed by atoms with van der Waals surface area (Å²) in [6, 6.07) is 8.06. The number of ether oxygens (including phenoxy) is 2. The van der Waals surface area contributed by atoms with Crippen molar-refractivity contribution < 1.29 is 24.2 Å². The van der Waals surface area contributed by atoms with Crippen molar-refractivity contribution in [2.24, 2.45) is 10.1 Å². The van der Waals surface area contributed by atoms with Gasteiger partial charge in [0.25, 0.3) is 0 Å². The molecule has 0 spiro atoms. The van der Waals surface area contributed by atoms with Gasteiger partial charge in [0, 0.05) is 19.4 Å². The van der Waals surface area contributed by atoms with Gasteiger partial charge < -0.3 is 25.2 Å². The average Bonchev–Trinajstić information content (AvgIpc) is 3.36. The predicted octanol–water partition coefficient (Wildman–Crippen LogP) is 2.69. The van der Waals surface area contributed by atoms with Crippen molar-refractivity contribution in [2.45, 2.75) is 45.3 Å². The third-order valence-corrected chi connectivity index (χ3v) is 5.17. The molecule has 0 aromatic heterocycles. The molecule has 0 fully saturated rings. The predicted molar refractivity (Wildman–Crippen MR) is 128 cm³/mol. The molecule has 1 aliphatic heterocycles. The lowest BCUT2D eigenvalue weighted by Crippen LogP contribution is -2.41. The van der Waals surface area contributed by atoms with Crippen molar-refractivity contribution in [3.63, 3.8) is 0 Å². The lowest BCUT2D eigenvalue weighted by molar-refractivity contribution is -0.139. The number of alkyl carbamates (subject to hydrolysis) is 1. The molecule has 1 aliphatic carbocycles. The van der Waals surface area contributed by atoms with E-state index in [1.54, 1.807) is 0 Å². The maximum absolute atomic E-state index is 12.0. The zero-order chi connectivity index (χ0) is 24.2. The number of allylic oxidation sites excluding steroid dienone is 3. The van der Waals surface area contributed by atoms with Crippen molar-refractivity contribution in [3.05, 3.63) is 59.4 Å². The minimum Gasteiger partial charge on any atom is -0.494 e. The van der Waals surface area contributed by atoms with Gasteiger partial charge in [-0.3, -0.25) is 0 Å². The number of amides is 1. The van der Waals surface area contributed by atoms with Gasteiger partial charge in [0.05, 0.1) is 18.9 Å². The van der Waals surface area contributed by atoms with Crippen LogP contribution >= 0.6 is 0 Å². The van der Waals surface area contributed by atoms with E-state index in [0.29, 0.717) is 18.1 Å². The SMILES string of the molecule is CCCC1=C(OCC[C@H](NC(=O)OCc2ccccc2)C(=O)O)C=CC(=NNC2=NCCN2)C1. The molecule has 0 saturated carbocycles. The van der Waals surface area contributed by atoms with Crippen LogP contribution in [0.2, 0.25) is 0 Å². The summed E-state index contributed by atoms with van der Waals surface area (Å²) < 4.78 is 11.0. The van der Waals surface area contributed by atoms with E-state index < -0.39 is 18.1 Å². The Bertz CT molecular complexity index is 971. The fourth-order valence-electron chi connectivity index (χ4n) is 3.44. The highest BCUT2D eigenvalue weighted by atomic mass is 16.5. The minimum atomic E-state index is -1.15. The van der Waals surface area contributed by atoms with Crippen molar-refractivity contribution in [3.8, 4) is 0 Å². The Morgan fingerprint density at radius 2 is 2.09 bits per heavy atom. The van der Waals surface area contributed by atoms with E-state index in [2.05, 4.69) is 33.1 Å². The molecule has 0 unspecified atom stereocenters. The molecule has 0 saturated heterocycles. The van der Waals surface area contributed by atoms with Gasteiger partial charge in [0.1, 0.15) is 18.4 Å². The summed E-state index contributed by atoms with van der Waals surface area (Å²) in [5.41, 5.74) is 5.70. The van der Waals surface area contributed by atoms with Crippen LogP contribution in [0.25, 0.3) is 0 Å². The van der Waals surface area contributed by atoms with E-state index in [9.17, 15) is 14.7 Å². The fraction of sp³-hybridized carbons (Fsp3) is 0.417. The van der Waals surface area contributed by atoms with Crippen LogP contribution < -0.4 is 16.1 Å². The number of aliphatic imine (C=N–C) groups is 1. The van der Waals surface area contributed by atoms with Gasteiger partial charge in [-0.1, -0.05) is 43.7 Å². The number of aliphatic carboxylic acids is 1. The molecular formula is C24H31N5O5. The van der Waals surface area contributed by atoms with Crippen LogP contribution in [0.5, 0.6) is 0 Å². The summed E-state index contributed by atoms with van der Waals surface area (Å²) in [4.78, 5) is 27.9. The molecule has 0 radical (unpaired) electrons. The largest absolute Gasteiger partial charge is 0.494 e. The Kier molecular flexibility index (Phi) is 9.51. The molecular weight excluding hydrogens is 438 g/mol. The van der Waals surface area contributed by atoms with E-state index in [1.807, 2.05) is 42.5 Å². The second-order valence-corrected chi connectivity index (χ2v) is 7.83. The Morgan fingerprint density at radius 1 is 1.26 bits per heavy atom. The number of nitrogens with one attached hydrogen (secondary N) is 3.